The lowest BCUT2D eigenvalue weighted by molar-refractivity contribution is -0.786. The van der Waals surface area contributed by atoms with E-state index in [1.165, 1.54) is 6.20 Å². The molecule has 2 aromatic rings. The van der Waals surface area contributed by atoms with Crippen LogP contribution in [-0.4, -0.2) is 42.5 Å². The number of nitrogens with one attached hydrogen (secondary N) is 2. The van der Waals surface area contributed by atoms with E-state index in [1.807, 2.05) is 38.5 Å². The minimum Gasteiger partial charge on any atom is -0.477 e. The van der Waals surface area contributed by atoms with Crippen molar-refractivity contribution in [1.29, 1.82) is 0 Å². The first-order chi connectivity index (χ1) is 11.4. The molecule has 6 nitrogen and oxygen atoms in total. The summed E-state index contributed by atoms with van der Waals surface area (Å²) in [4.78, 5) is 30.3. The molecule has 3 rings (SSSR count). The average molecular weight is 345 g/mol. The van der Waals surface area contributed by atoms with Gasteiger partial charge in [0, 0.05) is 17.0 Å². The molecular weight excluding hydrogens is 326 g/mol. The number of carboxylic acid groups (broad SMARTS) is 1. The summed E-state index contributed by atoms with van der Waals surface area (Å²) in [7, 11) is 4.05. The van der Waals surface area contributed by atoms with Gasteiger partial charge in [-0.2, -0.15) is 4.98 Å². The normalized spacial score (nSPS) is 16.9. The summed E-state index contributed by atoms with van der Waals surface area (Å²) in [6.07, 6.45) is 1.49. The van der Waals surface area contributed by atoms with E-state index in [0.717, 1.165) is 31.9 Å². The first kappa shape index (κ1) is 16.5. The molecule has 0 radical (unpaired) electrons. The number of aliphatic carboxylic acids is 1. The van der Waals surface area contributed by atoms with Crippen LogP contribution in [0.1, 0.15) is 17.3 Å². The number of aromatic nitrogens is 1. The lowest BCUT2D eigenvalue weighted by Gasteiger charge is -2.21. The summed E-state index contributed by atoms with van der Waals surface area (Å²) in [6, 6.07) is 5.48. The van der Waals surface area contributed by atoms with Crippen LogP contribution in [0, 0.1) is 0 Å². The zero-order chi connectivity index (χ0) is 17.4. The lowest BCUT2D eigenvalue weighted by Crippen LogP contribution is -3.03. The van der Waals surface area contributed by atoms with Gasteiger partial charge in [-0.1, -0.05) is 17.4 Å². The van der Waals surface area contributed by atoms with E-state index in [0.29, 0.717) is 12.1 Å². The van der Waals surface area contributed by atoms with Gasteiger partial charge in [0.15, 0.2) is 5.57 Å². The van der Waals surface area contributed by atoms with Crippen LogP contribution < -0.4 is 9.80 Å². The van der Waals surface area contributed by atoms with Crippen molar-refractivity contribution < 1.29 is 24.5 Å². The molecule has 24 heavy (non-hydrogen) atoms. The number of carboxylic acids is 1. The van der Waals surface area contributed by atoms with Gasteiger partial charge in [-0.05, 0) is 13.0 Å². The number of Topliss-reactive ketones (excluding diaryl/α,β-unsaturated/α-hetero) is 1. The van der Waals surface area contributed by atoms with E-state index in [9.17, 15) is 14.7 Å². The highest BCUT2D eigenvalue weighted by molar-refractivity contribution is 7.13. The maximum Gasteiger partial charge on any atom is 0.345 e. The van der Waals surface area contributed by atoms with Crippen LogP contribution in [0.3, 0.4) is 0 Å². The van der Waals surface area contributed by atoms with E-state index in [4.69, 9.17) is 0 Å². The SMILES string of the molecule is CC[NH+]1C=C(C(=O)O)C(=O)c2ccc(-c3csc([NH+](C)C)n3)cc21. The van der Waals surface area contributed by atoms with Crippen LogP contribution >= 0.6 is 11.3 Å². The van der Waals surface area contributed by atoms with Crippen LogP contribution in [0.4, 0.5) is 10.8 Å². The van der Waals surface area contributed by atoms with Crippen LogP contribution in [0.15, 0.2) is 35.4 Å². The maximum absolute atomic E-state index is 12.4. The molecule has 0 amide bonds. The third-order valence-corrected chi connectivity index (χ3v) is 5.08. The first-order valence-electron chi connectivity index (χ1n) is 7.68. The number of hydrogen-bond acceptors (Lipinski definition) is 4. The fraction of sp³-hybridized carbons (Fsp3) is 0.235. The third-order valence-electron chi connectivity index (χ3n) is 4.01. The number of fused-ring (bicyclic) bond motifs is 1. The third kappa shape index (κ3) is 2.77. The second kappa shape index (κ2) is 6.27. The summed E-state index contributed by atoms with van der Waals surface area (Å²) >= 11 is 1.59. The number of carbonyl (C=O) groups excluding carboxylic acids is 1. The van der Waals surface area contributed by atoms with Gasteiger partial charge in [-0.3, -0.25) is 14.6 Å². The largest absolute Gasteiger partial charge is 0.477 e. The Labute approximate surface area is 143 Å². The Bertz CT molecular complexity index is 855. The molecule has 124 valence electrons. The van der Waals surface area contributed by atoms with Gasteiger partial charge < -0.3 is 5.11 Å². The first-order valence-corrected chi connectivity index (χ1v) is 8.56. The fourth-order valence-electron chi connectivity index (χ4n) is 2.72. The molecule has 1 unspecified atom stereocenters. The summed E-state index contributed by atoms with van der Waals surface area (Å²) < 4.78 is 0. The van der Waals surface area contributed by atoms with E-state index in [1.54, 1.807) is 17.4 Å². The minimum absolute atomic E-state index is 0.167. The summed E-state index contributed by atoms with van der Waals surface area (Å²) in [6.45, 7) is 2.61. The van der Waals surface area contributed by atoms with Crippen molar-refractivity contribution >= 4 is 33.9 Å². The average Bonchev–Trinajstić information content (AvgIpc) is 3.05. The monoisotopic (exact) mass is 345 g/mol. The van der Waals surface area contributed by atoms with Crippen LogP contribution in [-0.2, 0) is 4.79 Å². The molecular formula is C17H19N3O3S+2. The molecule has 0 bridgehead atoms. The van der Waals surface area contributed by atoms with E-state index < -0.39 is 11.8 Å². The number of quaternary nitrogens is 2. The molecule has 3 N–H and O–H groups in total. The molecule has 0 spiro atoms. The summed E-state index contributed by atoms with van der Waals surface area (Å²) in [5, 5.41) is 12.2. The molecule has 2 heterocycles. The highest BCUT2D eigenvalue weighted by atomic mass is 32.1. The van der Waals surface area contributed by atoms with Crippen LogP contribution in [0.5, 0.6) is 0 Å². The zero-order valence-corrected chi connectivity index (χ0v) is 14.5. The van der Waals surface area contributed by atoms with Gasteiger partial charge in [0.2, 0.25) is 5.78 Å². The molecule has 1 aromatic heterocycles. The van der Waals surface area contributed by atoms with Crippen molar-refractivity contribution in [1.82, 2.24) is 4.98 Å². The second-order valence-electron chi connectivity index (χ2n) is 5.87. The van der Waals surface area contributed by atoms with Crippen LogP contribution in [0.25, 0.3) is 11.3 Å². The Morgan fingerprint density at radius 1 is 1.38 bits per heavy atom. The Balaban J connectivity index is 2.06. The predicted molar refractivity (Wildman–Crippen MR) is 91.2 cm³/mol. The van der Waals surface area contributed by atoms with E-state index in [2.05, 4.69) is 4.98 Å². The molecule has 0 saturated carbocycles. The second-order valence-corrected chi connectivity index (χ2v) is 6.73. The Morgan fingerprint density at radius 3 is 2.71 bits per heavy atom. The number of benzene rings is 1. The molecule has 1 aliphatic rings. The quantitative estimate of drug-likeness (QED) is 0.696. The topological polar surface area (TPSA) is 76.1 Å². The number of rotatable bonds is 4. The molecule has 7 heteroatoms. The van der Waals surface area contributed by atoms with Crippen LogP contribution in [0.2, 0.25) is 0 Å². The number of carbonyl (C=O) groups is 2. The molecule has 0 aliphatic carbocycles. The summed E-state index contributed by atoms with van der Waals surface area (Å²) in [5.41, 5.74) is 2.89. The Kier molecular flexibility index (Phi) is 4.31. The van der Waals surface area contributed by atoms with Gasteiger partial charge in [-0.25, -0.2) is 4.79 Å². The van der Waals surface area contributed by atoms with Crippen molar-refractivity contribution in [3.05, 3.63) is 40.9 Å². The smallest absolute Gasteiger partial charge is 0.345 e. The van der Waals surface area contributed by atoms with Crippen molar-refractivity contribution in [2.24, 2.45) is 0 Å². The van der Waals surface area contributed by atoms with Gasteiger partial charge >= 0.3 is 5.97 Å². The van der Waals surface area contributed by atoms with E-state index >= 15 is 0 Å². The molecule has 1 aromatic carbocycles. The van der Waals surface area contributed by atoms with Gasteiger partial charge in [-0.15, -0.1) is 0 Å². The van der Waals surface area contributed by atoms with Crippen molar-refractivity contribution in [3.8, 4) is 11.3 Å². The van der Waals surface area contributed by atoms with Gasteiger partial charge in [0.05, 0.1) is 31.9 Å². The molecule has 1 aliphatic heterocycles. The van der Waals surface area contributed by atoms with Crippen molar-refractivity contribution in [2.45, 2.75) is 6.92 Å². The molecule has 1 atom stereocenters. The van der Waals surface area contributed by atoms with Gasteiger partial charge in [0.25, 0.3) is 5.13 Å². The number of ketones is 1. The number of hydrogen-bond donors (Lipinski definition) is 3. The van der Waals surface area contributed by atoms with Crippen molar-refractivity contribution in [3.63, 3.8) is 0 Å². The summed E-state index contributed by atoms with van der Waals surface area (Å²) in [5.74, 6) is -1.61. The predicted octanol–water partition coefficient (Wildman–Crippen LogP) is 0.287. The highest BCUT2D eigenvalue weighted by Crippen LogP contribution is 2.28. The Morgan fingerprint density at radius 2 is 2.12 bits per heavy atom. The zero-order valence-electron chi connectivity index (χ0n) is 13.7. The van der Waals surface area contributed by atoms with Gasteiger partial charge in [0.1, 0.15) is 11.9 Å². The fourth-order valence-corrected chi connectivity index (χ4v) is 3.52. The van der Waals surface area contributed by atoms with E-state index in [-0.39, 0.29) is 5.57 Å². The Hall–Kier alpha value is -2.35. The number of nitrogens with zero attached hydrogens (tertiary/aromatic N) is 1. The maximum atomic E-state index is 12.4. The number of thiazole rings is 1. The molecule has 0 saturated heterocycles. The molecule has 0 fully saturated rings. The lowest BCUT2D eigenvalue weighted by atomic mass is 9.96. The highest BCUT2D eigenvalue weighted by Gasteiger charge is 2.33. The van der Waals surface area contributed by atoms with Crippen molar-refractivity contribution in [2.75, 3.05) is 20.6 Å². The standard InChI is InChI=1S/C17H17N3O3S/c1-4-20-8-12(16(22)23)15(21)11-6-5-10(7-14(11)20)13-9-24-17(18-13)19(2)3/h5-9H,4H2,1-3H3,(H,22,23)/p+2. The minimum atomic E-state index is -1.18.